The van der Waals surface area contributed by atoms with Gasteiger partial charge in [-0.3, -0.25) is 0 Å². The van der Waals surface area contributed by atoms with Crippen LogP contribution in [0, 0.1) is 0 Å². The summed E-state index contributed by atoms with van der Waals surface area (Å²) >= 11 is -0.556. The van der Waals surface area contributed by atoms with Gasteiger partial charge in [0.15, 0.2) is 0 Å². The molecule has 0 spiro atoms. The normalized spacial score (nSPS) is 11.4. The molecule has 1 rings (SSSR count). The van der Waals surface area contributed by atoms with Crippen molar-refractivity contribution in [1.29, 1.82) is 0 Å². The fourth-order valence-electron chi connectivity index (χ4n) is 1.44. The Morgan fingerprint density at radius 1 is 0.950 bits per heavy atom. The standard InChI is InChI=1S/C13H24N2Si2.2ClH.Ti/c1-16(2,3)14-11-12-9-7-8-10-13(12)15-17(4,5)6;;;/h7-10H,11H2,1-6H3;2*1H;/q-2;;;+2/p-2. The van der Waals surface area contributed by atoms with Crippen molar-refractivity contribution in [2.24, 2.45) is 0 Å². The Balaban J connectivity index is 0.00000110. The maximum atomic E-state index is 4.89. The zero-order chi connectivity index (χ0) is 15.8. The van der Waals surface area contributed by atoms with E-state index in [4.69, 9.17) is 28.6 Å². The van der Waals surface area contributed by atoms with Gasteiger partial charge >= 0.3 is 35.6 Å². The predicted molar refractivity (Wildman–Crippen MR) is 94.9 cm³/mol. The molecule has 0 amide bonds. The summed E-state index contributed by atoms with van der Waals surface area (Å²) in [6.45, 7) is 14.4. The monoisotopic (exact) mass is 382 g/mol. The molecule has 114 valence electrons. The molecule has 0 N–H and O–H groups in total. The molecule has 1 aromatic rings. The van der Waals surface area contributed by atoms with E-state index in [2.05, 4.69) is 63.5 Å². The van der Waals surface area contributed by atoms with E-state index in [1.807, 2.05) is 0 Å². The minimum atomic E-state index is -1.41. The fourth-order valence-corrected chi connectivity index (χ4v) is 3.02. The van der Waals surface area contributed by atoms with Gasteiger partial charge in [-0.05, 0) is 8.24 Å². The second-order valence-corrected chi connectivity index (χ2v) is 18.3. The van der Waals surface area contributed by atoms with E-state index in [1.54, 1.807) is 0 Å². The van der Waals surface area contributed by atoms with Crippen molar-refractivity contribution in [2.45, 2.75) is 45.8 Å². The van der Waals surface area contributed by atoms with Gasteiger partial charge in [-0.25, -0.2) is 0 Å². The summed E-state index contributed by atoms with van der Waals surface area (Å²) < 4.78 is 0. The van der Waals surface area contributed by atoms with E-state index in [0.717, 1.165) is 12.2 Å². The molecule has 0 radical (unpaired) electrons. The molecule has 2 nitrogen and oxygen atoms in total. The van der Waals surface area contributed by atoms with Crippen LogP contribution < -0.4 is 0 Å². The van der Waals surface area contributed by atoms with Crippen LogP contribution in [0.15, 0.2) is 24.3 Å². The molecule has 0 heterocycles. The number of hydrogen-bond acceptors (Lipinski definition) is 0. The molecule has 0 fully saturated rings. The number of halogens is 2. The summed E-state index contributed by atoms with van der Waals surface area (Å²) in [5.74, 6) is 0. The van der Waals surface area contributed by atoms with Crippen molar-refractivity contribution >= 4 is 40.8 Å². The molecule has 0 aliphatic heterocycles. The average Bonchev–Trinajstić information content (AvgIpc) is 2.26. The van der Waals surface area contributed by atoms with Gasteiger partial charge in [0, 0.05) is 0 Å². The van der Waals surface area contributed by atoms with Gasteiger partial charge in [0.25, 0.3) is 0 Å². The van der Waals surface area contributed by atoms with Crippen molar-refractivity contribution in [3.8, 4) is 0 Å². The maximum absolute atomic E-state index is 4.89. The van der Waals surface area contributed by atoms with Gasteiger partial charge in [0.05, 0.1) is 0 Å². The number of benzene rings is 1. The first-order valence-corrected chi connectivity index (χ1v) is 17.7. The van der Waals surface area contributed by atoms with Crippen LogP contribution in [0.5, 0.6) is 0 Å². The van der Waals surface area contributed by atoms with Crippen LogP contribution in [-0.2, 0) is 23.6 Å². The summed E-state index contributed by atoms with van der Waals surface area (Å²) in [7, 11) is 7.04. The minimum absolute atomic E-state index is 0.556. The quantitative estimate of drug-likeness (QED) is 0.512. The van der Waals surface area contributed by atoms with Crippen LogP contribution in [0.25, 0.3) is 9.96 Å². The third kappa shape index (κ3) is 11.4. The first kappa shape index (κ1) is 20.7. The molecule has 0 aliphatic rings. The van der Waals surface area contributed by atoms with E-state index in [9.17, 15) is 0 Å². The molecule has 0 unspecified atom stereocenters. The number of hydrogen-bond donors (Lipinski definition) is 0. The van der Waals surface area contributed by atoms with Gasteiger partial charge in [-0.2, -0.15) is 0 Å². The Kier molecular flexibility index (Phi) is 10.0. The molecular weight excluding hydrogens is 359 g/mol. The second-order valence-electron chi connectivity index (χ2n) is 6.47. The second kappa shape index (κ2) is 9.67. The third-order valence-electron chi connectivity index (χ3n) is 2.17. The first-order chi connectivity index (χ1) is 9.09. The summed E-state index contributed by atoms with van der Waals surface area (Å²) in [6.07, 6.45) is 0. The van der Waals surface area contributed by atoms with Crippen LogP contribution in [-0.4, -0.2) is 16.5 Å². The average molecular weight is 383 g/mol. The van der Waals surface area contributed by atoms with Crippen molar-refractivity contribution in [1.82, 2.24) is 0 Å². The summed E-state index contributed by atoms with van der Waals surface area (Å²) in [5.41, 5.74) is 2.42. The first-order valence-electron chi connectivity index (χ1n) is 6.55. The number of nitrogens with zero attached hydrogens (tertiary/aromatic N) is 2. The van der Waals surface area contributed by atoms with Gasteiger partial charge in [0.1, 0.15) is 0 Å². The Hall–Kier alpha value is 0.708. The van der Waals surface area contributed by atoms with Crippen molar-refractivity contribution in [3.05, 3.63) is 39.8 Å². The fraction of sp³-hybridized carbons (Fsp3) is 0.538. The van der Waals surface area contributed by atoms with E-state index >= 15 is 0 Å². The molecule has 1 aromatic carbocycles. The summed E-state index contributed by atoms with van der Waals surface area (Å²) in [4.78, 5) is 9.70. The third-order valence-corrected chi connectivity index (χ3v) is 4.19. The molecule has 0 atom stereocenters. The number of rotatable bonds is 5. The van der Waals surface area contributed by atoms with Crippen LogP contribution in [0.1, 0.15) is 5.56 Å². The molecule has 0 aliphatic carbocycles. The van der Waals surface area contributed by atoms with E-state index < -0.39 is 33.5 Å². The van der Waals surface area contributed by atoms with Crippen molar-refractivity contribution in [3.63, 3.8) is 0 Å². The van der Waals surface area contributed by atoms with Crippen LogP contribution >= 0.6 is 18.6 Å². The Morgan fingerprint density at radius 2 is 1.45 bits per heavy atom. The van der Waals surface area contributed by atoms with E-state index in [0.29, 0.717) is 0 Å². The van der Waals surface area contributed by atoms with Crippen LogP contribution in [0.4, 0.5) is 5.69 Å². The van der Waals surface area contributed by atoms with Gasteiger partial charge in [-0.15, -0.1) is 12.2 Å². The molecule has 0 bridgehead atoms. The zero-order valence-corrected chi connectivity index (χ0v) is 18.2. The van der Waals surface area contributed by atoms with Gasteiger partial charge in [0.2, 0.25) is 0 Å². The Morgan fingerprint density at radius 3 is 1.90 bits per heavy atom. The van der Waals surface area contributed by atoms with E-state index in [-0.39, 0.29) is 0 Å². The molecule has 0 saturated carbocycles. The topological polar surface area (TPSA) is 28.2 Å². The molecule has 7 heteroatoms. The summed E-state index contributed by atoms with van der Waals surface area (Å²) in [5, 5.41) is 0. The SMILES string of the molecule is C[Si](C)(C)[N-]Cc1ccccc1[N-][Si](C)(C)C.[Cl][Ti][Cl]. The Bertz CT molecular complexity index is 393. The van der Waals surface area contributed by atoms with Gasteiger partial charge < -0.3 is 9.96 Å². The zero-order valence-electron chi connectivity index (χ0n) is 13.2. The molecule has 20 heavy (non-hydrogen) atoms. The van der Waals surface area contributed by atoms with E-state index in [1.165, 1.54) is 5.56 Å². The molecular formula is C13H24Cl2N2Si2Ti-2. The van der Waals surface area contributed by atoms with Crippen LogP contribution in [0.3, 0.4) is 0 Å². The van der Waals surface area contributed by atoms with Crippen molar-refractivity contribution < 1.29 is 17.0 Å². The van der Waals surface area contributed by atoms with Crippen molar-refractivity contribution in [2.75, 3.05) is 0 Å². The Labute approximate surface area is 142 Å². The predicted octanol–water partition coefficient (Wildman–Crippen LogP) is 6.61. The van der Waals surface area contributed by atoms with Gasteiger partial charge in [-0.1, -0.05) is 77.3 Å². The molecule has 0 saturated heterocycles. The molecule has 0 aromatic heterocycles. The summed E-state index contributed by atoms with van der Waals surface area (Å²) in [6, 6.07) is 8.42. The van der Waals surface area contributed by atoms with Crippen LogP contribution in [0.2, 0.25) is 39.3 Å².